The summed E-state index contributed by atoms with van der Waals surface area (Å²) >= 11 is 0. The molecule has 0 aliphatic carbocycles. The highest BCUT2D eigenvalue weighted by Gasteiger charge is 2.38. The van der Waals surface area contributed by atoms with Crippen LogP contribution in [0.5, 0.6) is 0 Å². The normalized spacial score (nSPS) is 17.7. The Kier molecular flexibility index (Phi) is 5.83. The number of nitro groups is 1. The number of nitrogens with one attached hydrogen (secondary N) is 4. The number of amides is 1. The number of hydrogen-bond acceptors (Lipinski definition) is 9. The monoisotopic (exact) mass is 414 g/mol. The van der Waals surface area contributed by atoms with Gasteiger partial charge in [-0.25, -0.2) is 9.97 Å². The Bertz CT molecular complexity index is 917. The van der Waals surface area contributed by atoms with Gasteiger partial charge in [-0.1, -0.05) is 0 Å². The Morgan fingerprint density at radius 1 is 1.20 bits per heavy atom. The molecule has 2 aromatic heterocycles. The lowest BCUT2D eigenvalue weighted by Crippen LogP contribution is -2.60. The van der Waals surface area contributed by atoms with Crippen LogP contribution in [0, 0.1) is 10.1 Å². The number of aromatic nitrogens is 3. The van der Waals surface area contributed by atoms with Crippen LogP contribution in [0.3, 0.4) is 0 Å². The fraction of sp³-hybridized carbons (Fsp3) is 0.474. The molecular formula is C19H26N8O3. The smallest absolute Gasteiger partial charge is 0.354 e. The van der Waals surface area contributed by atoms with E-state index in [2.05, 4.69) is 64.1 Å². The summed E-state index contributed by atoms with van der Waals surface area (Å²) < 4.78 is 0. The van der Waals surface area contributed by atoms with Crippen molar-refractivity contribution in [2.75, 3.05) is 10.7 Å². The minimum Gasteiger partial charge on any atom is -0.361 e. The van der Waals surface area contributed by atoms with Crippen LogP contribution in [0.1, 0.15) is 50.9 Å². The van der Waals surface area contributed by atoms with Crippen LogP contribution in [0.25, 0.3) is 0 Å². The number of hydrogen-bond donors (Lipinski definition) is 4. The van der Waals surface area contributed by atoms with Gasteiger partial charge in [0.25, 0.3) is 5.91 Å². The lowest BCUT2D eigenvalue weighted by atomic mass is 9.79. The molecule has 1 saturated heterocycles. The van der Waals surface area contributed by atoms with Crippen molar-refractivity contribution in [3.63, 3.8) is 0 Å². The number of nitrogens with zero attached hydrogens (tertiary/aromatic N) is 4. The van der Waals surface area contributed by atoms with Crippen molar-refractivity contribution in [3.8, 4) is 0 Å². The number of hydrazine groups is 1. The molecule has 0 unspecified atom stereocenters. The number of rotatable bonds is 6. The maximum absolute atomic E-state index is 12.2. The zero-order valence-electron chi connectivity index (χ0n) is 17.4. The summed E-state index contributed by atoms with van der Waals surface area (Å²) in [6.45, 7) is 8.38. The Morgan fingerprint density at radius 2 is 1.87 bits per heavy atom. The van der Waals surface area contributed by atoms with E-state index in [9.17, 15) is 14.9 Å². The van der Waals surface area contributed by atoms with Gasteiger partial charge in [0.05, 0.1) is 10.5 Å². The van der Waals surface area contributed by atoms with Gasteiger partial charge in [-0.3, -0.25) is 30.7 Å². The Balaban J connectivity index is 1.79. The molecular weight excluding hydrogens is 388 g/mol. The van der Waals surface area contributed by atoms with Crippen LogP contribution in [0.4, 0.5) is 17.3 Å². The third-order valence-electron chi connectivity index (χ3n) is 4.75. The van der Waals surface area contributed by atoms with E-state index in [1.54, 1.807) is 18.3 Å². The van der Waals surface area contributed by atoms with Crippen molar-refractivity contribution < 1.29 is 9.72 Å². The summed E-state index contributed by atoms with van der Waals surface area (Å²) in [4.78, 5) is 35.3. The van der Waals surface area contributed by atoms with Gasteiger partial charge in [-0.15, -0.1) is 0 Å². The molecule has 0 radical (unpaired) electrons. The van der Waals surface area contributed by atoms with Crippen molar-refractivity contribution in [2.24, 2.45) is 0 Å². The second-order valence-corrected chi connectivity index (χ2v) is 8.64. The van der Waals surface area contributed by atoms with E-state index in [-0.39, 0.29) is 34.4 Å². The topological polar surface area (TPSA) is 147 Å². The molecule has 11 heteroatoms. The molecule has 30 heavy (non-hydrogen) atoms. The highest BCUT2D eigenvalue weighted by Crippen LogP contribution is 2.34. The Morgan fingerprint density at radius 3 is 2.47 bits per heavy atom. The van der Waals surface area contributed by atoms with Gasteiger partial charge < -0.3 is 10.6 Å². The Hall–Kier alpha value is -3.34. The molecule has 0 saturated carbocycles. The van der Waals surface area contributed by atoms with E-state index < -0.39 is 10.8 Å². The van der Waals surface area contributed by atoms with Gasteiger partial charge in [-0.05, 0) is 52.7 Å². The molecule has 0 aromatic carbocycles. The molecule has 1 fully saturated rings. The molecule has 0 spiro atoms. The largest absolute Gasteiger partial charge is 0.361 e. The predicted octanol–water partition coefficient (Wildman–Crippen LogP) is 2.26. The number of anilines is 2. The first kappa shape index (κ1) is 21.4. The average Bonchev–Trinajstić information content (AvgIpc) is 2.64. The minimum absolute atomic E-state index is 0.0253. The van der Waals surface area contributed by atoms with Crippen molar-refractivity contribution in [3.05, 3.63) is 46.5 Å². The van der Waals surface area contributed by atoms with E-state index >= 15 is 0 Å². The fourth-order valence-electron chi connectivity index (χ4n) is 4.05. The summed E-state index contributed by atoms with van der Waals surface area (Å²) in [5.74, 6) is -0.499. The van der Waals surface area contributed by atoms with Gasteiger partial charge in [0.1, 0.15) is 6.33 Å². The third-order valence-corrected chi connectivity index (χ3v) is 4.75. The fourth-order valence-corrected chi connectivity index (χ4v) is 4.05. The molecule has 160 valence electrons. The van der Waals surface area contributed by atoms with Crippen LogP contribution in [-0.2, 0) is 0 Å². The summed E-state index contributed by atoms with van der Waals surface area (Å²) in [5, 5.41) is 18.5. The van der Waals surface area contributed by atoms with Crippen LogP contribution in [0.15, 0.2) is 30.9 Å². The van der Waals surface area contributed by atoms with Crippen molar-refractivity contribution >= 4 is 23.2 Å². The van der Waals surface area contributed by atoms with Crippen LogP contribution in [0.2, 0.25) is 0 Å². The van der Waals surface area contributed by atoms with E-state index in [1.165, 1.54) is 12.5 Å². The molecule has 0 bridgehead atoms. The first-order chi connectivity index (χ1) is 14.1. The SMILES string of the molecule is CC1(C)CC(Nc2ncnc(NNC(=O)c3cccnc3)c2[N+](=O)[O-])CC(C)(C)N1. The second-order valence-electron chi connectivity index (χ2n) is 8.64. The summed E-state index contributed by atoms with van der Waals surface area (Å²) in [7, 11) is 0. The summed E-state index contributed by atoms with van der Waals surface area (Å²) in [5.41, 5.74) is 4.63. The van der Waals surface area contributed by atoms with E-state index in [0.29, 0.717) is 5.56 Å². The lowest BCUT2D eigenvalue weighted by Gasteiger charge is -2.46. The maximum Gasteiger partial charge on any atom is 0.354 e. The number of carbonyl (C=O) groups excluding carboxylic acids is 1. The van der Waals surface area contributed by atoms with Gasteiger partial charge in [-0.2, -0.15) is 0 Å². The van der Waals surface area contributed by atoms with E-state index in [0.717, 1.165) is 12.8 Å². The van der Waals surface area contributed by atoms with E-state index in [4.69, 9.17) is 0 Å². The first-order valence-corrected chi connectivity index (χ1v) is 9.58. The molecule has 1 aliphatic heterocycles. The number of pyridine rings is 1. The quantitative estimate of drug-likeness (QED) is 0.413. The van der Waals surface area contributed by atoms with Crippen molar-refractivity contribution in [1.82, 2.24) is 25.7 Å². The Labute approximate surface area is 174 Å². The lowest BCUT2D eigenvalue weighted by molar-refractivity contribution is -0.383. The first-order valence-electron chi connectivity index (χ1n) is 9.58. The minimum atomic E-state index is -0.571. The number of carbonyl (C=O) groups is 1. The van der Waals surface area contributed by atoms with Crippen LogP contribution >= 0.6 is 0 Å². The van der Waals surface area contributed by atoms with Gasteiger partial charge in [0.15, 0.2) is 0 Å². The van der Waals surface area contributed by atoms with Crippen molar-refractivity contribution in [1.29, 1.82) is 0 Å². The third kappa shape index (κ3) is 5.17. The van der Waals surface area contributed by atoms with Crippen LogP contribution in [-0.4, -0.2) is 42.9 Å². The zero-order valence-corrected chi connectivity index (χ0v) is 17.4. The molecule has 0 atom stereocenters. The van der Waals surface area contributed by atoms with Gasteiger partial charge >= 0.3 is 5.69 Å². The average molecular weight is 414 g/mol. The molecule has 4 N–H and O–H groups in total. The second kappa shape index (κ2) is 8.19. The highest BCUT2D eigenvalue weighted by atomic mass is 16.6. The van der Waals surface area contributed by atoms with Gasteiger partial charge in [0.2, 0.25) is 11.6 Å². The maximum atomic E-state index is 12.2. The molecule has 3 heterocycles. The van der Waals surface area contributed by atoms with Crippen molar-refractivity contribution in [2.45, 2.75) is 57.7 Å². The van der Waals surface area contributed by atoms with Crippen LogP contribution < -0.4 is 21.5 Å². The molecule has 1 amide bonds. The zero-order chi connectivity index (χ0) is 21.9. The molecule has 11 nitrogen and oxygen atoms in total. The number of piperidine rings is 1. The molecule has 2 aromatic rings. The standard InChI is InChI=1S/C19H26N8O3/c1-18(2)8-13(9-19(3,4)26-18)23-15-14(27(29)30)16(22-11-21-15)24-25-17(28)12-6-5-7-20-10-12/h5-7,10-11,13,26H,8-9H2,1-4H3,(H,25,28)(H2,21,22,23,24). The highest BCUT2D eigenvalue weighted by molar-refractivity contribution is 5.94. The predicted molar refractivity (Wildman–Crippen MR) is 112 cm³/mol. The molecule has 3 rings (SSSR count). The summed E-state index contributed by atoms with van der Waals surface area (Å²) in [6.07, 6.45) is 5.67. The summed E-state index contributed by atoms with van der Waals surface area (Å²) in [6, 6.07) is 3.17. The van der Waals surface area contributed by atoms with Gasteiger partial charge in [0, 0.05) is 29.5 Å². The molecule has 1 aliphatic rings. The van der Waals surface area contributed by atoms with E-state index in [1.807, 2.05) is 0 Å².